The largest absolute Gasteiger partial charge is 0.493 e. The molecule has 0 amide bonds. The highest BCUT2D eigenvalue weighted by Gasteiger charge is 2.02. The summed E-state index contributed by atoms with van der Waals surface area (Å²) in [5.41, 5.74) is 0.789. The standard InChI is InChI=1S/C10H11FO3/c1-7-2-3-8(11)6-9(7)14-5-4-10(12)13/h2-3,6H,4-5H2,1H3,(H,12,13). The lowest BCUT2D eigenvalue weighted by Gasteiger charge is -2.07. The fraction of sp³-hybridized carbons (Fsp3) is 0.300. The van der Waals surface area contributed by atoms with E-state index in [1.54, 1.807) is 13.0 Å². The minimum Gasteiger partial charge on any atom is -0.493 e. The molecular formula is C10H11FO3. The lowest BCUT2D eigenvalue weighted by atomic mass is 10.2. The quantitative estimate of drug-likeness (QED) is 0.804. The molecule has 0 heterocycles. The molecule has 4 heteroatoms. The van der Waals surface area contributed by atoms with Crippen LogP contribution in [0.1, 0.15) is 12.0 Å². The highest BCUT2D eigenvalue weighted by atomic mass is 19.1. The second-order valence-electron chi connectivity index (χ2n) is 2.90. The van der Waals surface area contributed by atoms with E-state index in [9.17, 15) is 9.18 Å². The van der Waals surface area contributed by atoms with Crippen LogP contribution in [-0.2, 0) is 4.79 Å². The number of benzene rings is 1. The average molecular weight is 198 g/mol. The summed E-state index contributed by atoms with van der Waals surface area (Å²) in [6.07, 6.45) is -0.0873. The molecule has 14 heavy (non-hydrogen) atoms. The van der Waals surface area contributed by atoms with Crippen LogP contribution >= 0.6 is 0 Å². The third kappa shape index (κ3) is 3.05. The van der Waals surface area contributed by atoms with E-state index in [0.717, 1.165) is 5.56 Å². The van der Waals surface area contributed by atoms with Gasteiger partial charge in [-0.15, -0.1) is 0 Å². The van der Waals surface area contributed by atoms with Crippen molar-refractivity contribution in [1.82, 2.24) is 0 Å². The fourth-order valence-corrected chi connectivity index (χ4v) is 0.978. The Labute approximate surface area is 81.1 Å². The van der Waals surface area contributed by atoms with Crippen molar-refractivity contribution in [1.29, 1.82) is 0 Å². The van der Waals surface area contributed by atoms with Gasteiger partial charge in [0.2, 0.25) is 0 Å². The van der Waals surface area contributed by atoms with E-state index in [1.165, 1.54) is 12.1 Å². The van der Waals surface area contributed by atoms with Gasteiger partial charge in [0.05, 0.1) is 13.0 Å². The van der Waals surface area contributed by atoms with Gasteiger partial charge in [-0.25, -0.2) is 4.39 Å². The molecule has 1 aromatic carbocycles. The SMILES string of the molecule is Cc1ccc(F)cc1OCCC(=O)O. The van der Waals surface area contributed by atoms with E-state index in [0.29, 0.717) is 5.75 Å². The van der Waals surface area contributed by atoms with E-state index in [-0.39, 0.29) is 18.8 Å². The molecule has 0 aliphatic rings. The van der Waals surface area contributed by atoms with Gasteiger partial charge in [-0.05, 0) is 18.6 Å². The van der Waals surface area contributed by atoms with Crippen LogP contribution < -0.4 is 4.74 Å². The first-order chi connectivity index (χ1) is 6.59. The molecule has 0 spiro atoms. The maximum Gasteiger partial charge on any atom is 0.306 e. The molecule has 0 saturated heterocycles. The third-order valence-corrected chi connectivity index (χ3v) is 1.72. The van der Waals surface area contributed by atoms with E-state index in [4.69, 9.17) is 9.84 Å². The Morgan fingerprint density at radius 1 is 1.57 bits per heavy atom. The summed E-state index contributed by atoms with van der Waals surface area (Å²) in [5, 5.41) is 8.36. The molecule has 0 atom stereocenters. The number of carbonyl (C=O) groups is 1. The van der Waals surface area contributed by atoms with E-state index >= 15 is 0 Å². The Morgan fingerprint density at radius 3 is 2.93 bits per heavy atom. The first-order valence-corrected chi connectivity index (χ1v) is 4.20. The van der Waals surface area contributed by atoms with Gasteiger partial charge in [0.1, 0.15) is 11.6 Å². The summed E-state index contributed by atoms with van der Waals surface area (Å²) in [7, 11) is 0. The molecule has 0 aromatic heterocycles. The van der Waals surface area contributed by atoms with Gasteiger partial charge in [-0.3, -0.25) is 4.79 Å². The van der Waals surface area contributed by atoms with Crippen molar-refractivity contribution in [2.24, 2.45) is 0 Å². The van der Waals surface area contributed by atoms with E-state index in [2.05, 4.69) is 0 Å². The van der Waals surface area contributed by atoms with Gasteiger partial charge in [0.25, 0.3) is 0 Å². The first kappa shape index (κ1) is 10.5. The van der Waals surface area contributed by atoms with Crippen molar-refractivity contribution in [3.05, 3.63) is 29.6 Å². The molecule has 0 aliphatic heterocycles. The number of hydrogen-bond acceptors (Lipinski definition) is 2. The molecule has 1 rings (SSSR count). The molecule has 1 N–H and O–H groups in total. The van der Waals surface area contributed by atoms with Crippen molar-refractivity contribution in [2.75, 3.05) is 6.61 Å². The summed E-state index contributed by atoms with van der Waals surface area (Å²) in [6.45, 7) is 1.83. The molecule has 1 aromatic rings. The molecule has 0 aliphatic carbocycles. The molecular weight excluding hydrogens is 187 g/mol. The van der Waals surface area contributed by atoms with Gasteiger partial charge in [0, 0.05) is 6.07 Å². The lowest BCUT2D eigenvalue weighted by Crippen LogP contribution is -2.05. The van der Waals surface area contributed by atoms with Crippen LogP contribution in [0.25, 0.3) is 0 Å². The van der Waals surface area contributed by atoms with Crippen molar-refractivity contribution in [2.45, 2.75) is 13.3 Å². The number of hydrogen-bond donors (Lipinski definition) is 1. The van der Waals surface area contributed by atoms with Crippen molar-refractivity contribution in [3.63, 3.8) is 0 Å². The smallest absolute Gasteiger partial charge is 0.306 e. The summed E-state index contributed by atoms with van der Waals surface area (Å²) in [5.74, 6) is -0.925. The number of halogens is 1. The van der Waals surface area contributed by atoms with Gasteiger partial charge < -0.3 is 9.84 Å². The summed E-state index contributed by atoms with van der Waals surface area (Å²) in [6, 6.07) is 4.17. The molecule has 0 fully saturated rings. The number of ether oxygens (including phenoxy) is 1. The molecule has 0 bridgehead atoms. The molecule has 0 unspecified atom stereocenters. The Kier molecular flexibility index (Phi) is 3.45. The van der Waals surface area contributed by atoms with Gasteiger partial charge in [-0.2, -0.15) is 0 Å². The maximum atomic E-state index is 12.7. The van der Waals surface area contributed by atoms with Crippen molar-refractivity contribution in [3.8, 4) is 5.75 Å². The maximum absolute atomic E-state index is 12.7. The summed E-state index contributed by atoms with van der Waals surface area (Å²) in [4.78, 5) is 10.2. The van der Waals surface area contributed by atoms with Gasteiger partial charge in [-0.1, -0.05) is 6.07 Å². The van der Waals surface area contributed by atoms with Crippen molar-refractivity contribution < 1.29 is 19.0 Å². The summed E-state index contributed by atoms with van der Waals surface area (Å²) >= 11 is 0. The van der Waals surface area contributed by atoms with E-state index in [1.807, 2.05) is 0 Å². The highest BCUT2D eigenvalue weighted by molar-refractivity contribution is 5.66. The van der Waals surface area contributed by atoms with Crippen LogP contribution in [0.5, 0.6) is 5.75 Å². The minimum absolute atomic E-state index is 0.0552. The first-order valence-electron chi connectivity index (χ1n) is 4.20. The van der Waals surface area contributed by atoms with Gasteiger partial charge >= 0.3 is 5.97 Å². The zero-order chi connectivity index (χ0) is 10.6. The predicted octanol–water partition coefficient (Wildman–Crippen LogP) is 1.99. The summed E-state index contributed by atoms with van der Waals surface area (Å²) < 4.78 is 17.8. The molecule has 0 saturated carbocycles. The highest BCUT2D eigenvalue weighted by Crippen LogP contribution is 2.18. The van der Waals surface area contributed by atoms with Crippen LogP contribution in [0.4, 0.5) is 4.39 Å². The van der Waals surface area contributed by atoms with Crippen LogP contribution in [0, 0.1) is 12.7 Å². The average Bonchev–Trinajstić information content (AvgIpc) is 2.10. The van der Waals surface area contributed by atoms with Crippen LogP contribution in [0.2, 0.25) is 0 Å². The Morgan fingerprint density at radius 2 is 2.29 bits per heavy atom. The van der Waals surface area contributed by atoms with E-state index < -0.39 is 5.97 Å². The monoisotopic (exact) mass is 198 g/mol. The minimum atomic E-state index is -0.931. The number of aryl methyl sites for hydroxylation is 1. The number of carboxylic acids is 1. The topological polar surface area (TPSA) is 46.5 Å². The van der Waals surface area contributed by atoms with Crippen LogP contribution in [0.3, 0.4) is 0 Å². The molecule has 76 valence electrons. The van der Waals surface area contributed by atoms with Crippen LogP contribution in [-0.4, -0.2) is 17.7 Å². The number of rotatable bonds is 4. The fourth-order valence-electron chi connectivity index (χ4n) is 0.978. The van der Waals surface area contributed by atoms with Crippen molar-refractivity contribution >= 4 is 5.97 Å². The Hall–Kier alpha value is -1.58. The van der Waals surface area contributed by atoms with Crippen LogP contribution in [0.15, 0.2) is 18.2 Å². The zero-order valence-electron chi connectivity index (χ0n) is 7.79. The second kappa shape index (κ2) is 4.60. The Balaban J connectivity index is 2.57. The predicted molar refractivity (Wildman–Crippen MR) is 48.9 cm³/mol. The third-order valence-electron chi connectivity index (χ3n) is 1.72. The number of carboxylic acid groups (broad SMARTS) is 1. The second-order valence-corrected chi connectivity index (χ2v) is 2.90. The molecule has 3 nitrogen and oxygen atoms in total. The lowest BCUT2D eigenvalue weighted by molar-refractivity contribution is -0.137. The Bertz CT molecular complexity index is 336. The molecule has 0 radical (unpaired) electrons. The normalized spacial score (nSPS) is 9.86. The number of aliphatic carboxylic acids is 1. The zero-order valence-corrected chi connectivity index (χ0v) is 7.79. The van der Waals surface area contributed by atoms with Gasteiger partial charge in [0.15, 0.2) is 0 Å².